The van der Waals surface area contributed by atoms with Gasteiger partial charge in [0.25, 0.3) is 5.91 Å². The van der Waals surface area contributed by atoms with Crippen molar-refractivity contribution in [3.8, 4) is 0 Å². The van der Waals surface area contributed by atoms with E-state index in [1.54, 1.807) is 4.90 Å². The third-order valence-electron chi connectivity index (χ3n) is 4.47. The Morgan fingerprint density at radius 3 is 2.32 bits per heavy atom. The Morgan fingerprint density at radius 1 is 1.18 bits per heavy atom. The number of nitrogens with zero attached hydrogens (tertiary/aromatic N) is 2. The molecule has 0 radical (unpaired) electrons. The van der Waals surface area contributed by atoms with Crippen LogP contribution in [0.15, 0.2) is 18.2 Å². The smallest absolute Gasteiger partial charge is 0.256 e. The zero-order valence-electron chi connectivity index (χ0n) is 12.4. The lowest BCUT2D eigenvalue weighted by Gasteiger charge is -2.35. The van der Waals surface area contributed by atoms with E-state index in [9.17, 15) is 14.0 Å². The first-order valence-corrected chi connectivity index (χ1v) is 7.88. The highest BCUT2D eigenvalue weighted by Gasteiger charge is 2.42. The van der Waals surface area contributed by atoms with Crippen molar-refractivity contribution in [1.29, 1.82) is 0 Å². The minimum Gasteiger partial charge on any atom is -0.339 e. The summed E-state index contributed by atoms with van der Waals surface area (Å²) in [5, 5.41) is 0.267. The Kier molecular flexibility index (Phi) is 4.08. The summed E-state index contributed by atoms with van der Waals surface area (Å²) in [6.45, 7) is 3.99. The average molecular weight is 325 g/mol. The molecule has 1 aliphatic heterocycles. The van der Waals surface area contributed by atoms with Gasteiger partial charge in [0.05, 0.1) is 5.56 Å². The van der Waals surface area contributed by atoms with Gasteiger partial charge in [-0.25, -0.2) is 4.39 Å². The molecule has 0 spiro atoms. The van der Waals surface area contributed by atoms with Crippen LogP contribution >= 0.6 is 11.6 Å². The van der Waals surface area contributed by atoms with Crippen molar-refractivity contribution in [2.24, 2.45) is 11.8 Å². The van der Waals surface area contributed by atoms with E-state index in [0.29, 0.717) is 32.1 Å². The van der Waals surface area contributed by atoms with Crippen LogP contribution in [0.1, 0.15) is 23.7 Å². The van der Waals surface area contributed by atoms with Crippen LogP contribution in [0.25, 0.3) is 0 Å². The predicted molar refractivity (Wildman–Crippen MR) is 81.2 cm³/mol. The first-order valence-electron chi connectivity index (χ1n) is 7.50. The molecule has 2 amide bonds. The summed E-state index contributed by atoms with van der Waals surface area (Å²) in [5.41, 5.74) is 0.0278. The van der Waals surface area contributed by atoms with Gasteiger partial charge in [0.15, 0.2) is 0 Å². The lowest BCUT2D eigenvalue weighted by atomic mass is 10.1. The Morgan fingerprint density at radius 2 is 1.77 bits per heavy atom. The van der Waals surface area contributed by atoms with Crippen LogP contribution in [0.2, 0.25) is 5.02 Å². The molecule has 1 heterocycles. The van der Waals surface area contributed by atoms with Gasteiger partial charge in [-0.3, -0.25) is 9.59 Å². The van der Waals surface area contributed by atoms with E-state index in [4.69, 9.17) is 11.6 Å². The highest BCUT2D eigenvalue weighted by atomic mass is 35.5. The molecule has 1 aromatic carbocycles. The third-order valence-corrected chi connectivity index (χ3v) is 4.70. The molecule has 4 nitrogen and oxygen atoms in total. The quantitative estimate of drug-likeness (QED) is 0.838. The molecule has 2 aliphatic rings. The summed E-state index contributed by atoms with van der Waals surface area (Å²) < 4.78 is 13.8. The zero-order chi connectivity index (χ0) is 15.9. The summed E-state index contributed by atoms with van der Waals surface area (Å²) in [6, 6.07) is 4.05. The Labute approximate surface area is 133 Å². The normalized spacial score (nSPS) is 24.3. The van der Waals surface area contributed by atoms with E-state index >= 15 is 0 Å². The number of hydrogen-bond donors (Lipinski definition) is 0. The number of carbonyl (C=O) groups is 2. The van der Waals surface area contributed by atoms with Crippen molar-refractivity contribution in [1.82, 2.24) is 9.80 Å². The molecule has 1 aromatic rings. The van der Waals surface area contributed by atoms with Crippen molar-refractivity contribution in [3.05, 3.63) is 34.6 Å². The molecular formula is C16H18ClFN2O2. The first-order chi connectivity index (χ1) is 10.5. The van der Waals surface area contributed by atoms with Crippen molar-refractivity contribution >= 4 is 23.4 Å². The number of rotatable bonds is 2. The van der Waals surface area contributed by atoms with Crippen molar-refractivity contribution < 1.29 is 14.0 Å². The second kappa shape index (κ2) is 5.88. The van der Waals surface area contributed by atoms with Crippen LogP contribution in [0.3, 0.4) is 0 Å². The SMILES string of the molecule is C[C@H]1C[C@H]1C(=O)N1CCN(C(=O)c2ccc(Cl)cc2F)CC1. The topological polar surface area (TPSA) is 40.6 Å². The second-order valence-corrected chi connectivity index (χ2v) is 6.50. The van der Waals surface area contributed by atoms with Gasteiger partial charge in [-0.2, -0.15) is 0 Å². The maximum absolute atomic E-state index is 13.8. The number of carbonyl (C=O) groups excluding carboxylic acids is 2. The van der Waals surface area contributed by atoms with Gasteiger partial charge < -0.3 is 9.80 Å². The van der Waals surface area contributed by atoms with E-state index in [1.165, 1.54) is 12.1 Å². The minimum atomic E-state index is -0.609. The molecule has 1 aliphatic carbocycles. The van der Waals surface area contributed by atoms with Gasteiger partial charge >= 0.3 is 0 Å². The largest absolute Gasteiger partial charge is 0.339 e. The van der Waals surface area contributed by atoms with Gasteiger partial charge in [-0.1, -0.05) is 18.5 Å². The molecule has 0 aromatic heterocycles. The van der Waals surface area contributed by atoms with E-state index in [2.05, 4.69) is 6.92 Å². The van der Waals surface area contributed by atoms with Crippen LogP contribution < -0.4 is 0 Å². The van der Waals surface area contributed by atoms with E-state index in [0.717, 1.165) is 12.5 Å². The fraction of sp³-hybridized carbons (Fsp3) is 0.500. The summed E-state index contributed by atoms with van der Waals surface area (Å²) >= 11 is 5.70. The summed E-state index contributed by atoms with van der Waals surface area (Å²) in [4.78, 5) is 27.9. The second-order valence-electron chi connectivity index (χ2n) is 6.06. The number of hydrogen-bond acceptors (Lipinski definition) is 2. The minimum absolute atomic E-state index is 0.0278. The first kappa shape index (κ1) is 15.3. The summed E-state index contributed by atoms with van der Waals surface area (Å²) in [6.07, 6.45) is 0.966. The zero-order valence-corrected chi connectivity index (χ0v) is 13.1. The lowest BCUT2D eigenvalue weighted by Crippen LogP contribution is -2.51. The molecule has 2 atom stereocenters. The molecule has 3 rings (SSSR count). The van der Waals surface area contributed by atoms with Crippen molar-refractivity contribution in [2.75, 3.05) is 26.2 Å². The number of amides is 2. The maximum atomic E-state index is 13.8. The molecule has 1 saturated heterocycles. The van der Waals surface area contributed by atoms with Gasteiger partial charge in [-0.05, 0) is 30.5 Å². The van der Waals surface area contributed by atoms with Crippen LogP contribution in [0.4, 0.5) is 4.39 Å². The van der Waals surface area contributed by atoms with Crippen LogP contribution in [-0.4, -0.2) is 47.8 Å². The molecule has 6 heteroatoms. The molecule has 1 saturated carbocycles. The Balaban J connectivity index is 1.61. The van der Waals surface area contributed by atoms with Gasteiger partial charge in [-0.15, -0.1) is 0 Å². The maximum Gasteiger partial charge on any atom is 0.256 e. The molecule has 0 bridgehead atoms. The molecule has 118 valence electrons. The molecule has 22 heavy (non-hydrogen) atoms. The predicted octanol–water partition coefficient (Wildman–Crippen LogP) is 2.42. The molecular weight excluding hydrogens is 307 g/mol. The van der Waals surface area contributed by atoms with Crippen LogP contribution in [0, 0.1) is 17.7 Å². The average Bonchev–Trinajstić information content (AvgIpc) is 3.23. The monoisotopic (exact) mass is 324 g/mol. The Hall–Kier alpha value is -1.62. The summed E-state index contributed by atoms with van der Waals surface area (Å²) in [5.74, 6) is -0.118. The van der Waals surface area contributed by atoms with Gasteiger partial charge in [0, 0.05) is 37.1 Å². The number of benzene rings is 1. The van der Waals surface area contributed by atoms with Gasteiger partial charge in [0.1, 0.15) is 5.82 Å². The molecule has 2 fully saturated rings. The van der Waals surface area contributed by atoms with E-state index in [-0.39, 0.29) is 28.3 Å². The van der Waals surface area contributed by atoms with Crippen molar-refractivity contribution in [3.63, 3.8) is 0 Å². The lowest BCUT2D eigenvalue weighted by molar-refractivity contribution is -0.134. The highest BCUT2D eigenvalue weighted by Crippen LogP contribution is 2.39. The van der Waals surface area contributed by atoms with E-state index < -0.39 is 5.82 Å². The highest BCUT2D eigenvalue weighted by molar-refractivity contribution is 6.30. The third kappa shape index (κ3) is 2.95. The Bertz CT molecular complexity index is 614. The molecule has 0 N–H and O–H groups in total. The standard InChI is InChI=1S/C16H18ClFN2O2/c1-10-8-13(10)16(22)20-6-4-19(5-7-20)15(21)12-3-2-11(17)9-14(12)18/h2-3,9-10,13H,4-8H2,1H3/t10-,13+/m0/s1. The van der Waals surface area contributed by atoms with Crippen LogP contribution in [0.5, 0.6) is 0 Å². The fourth-order valence-electron chi connectivity index (χ4n) is 2.86. The van der Waals surface area contributed by atoms with E-state index in [1.807, 2.05) is 4.90 Å². The summed E-state index contributed by atoms with van der Waals surface area (Å²) in [7, 11) is 0. The fourth-order valence-corrected chi connectivity index (χ4v) is 3.02. The van der Waals surface area contributed by atoms with Crippen molar-refractivity contribution in [2.45, 2.75) is 13.3 Å². The molecule has 0 unspecified atom stereocenters. The van der Waals surface area contributed by atoms with Gasteiger partial charge in [0.2, 0.25) is 5.91 Å². The van der Waals surface area contributed by atoms with Crippen LogP contribution in [-0.2, 0) is 4.79 Å². The number of piperazine rings is 1. The number of halogens is 2.